The molecule has 0 aliphatic carbocycles. The molecule has 5 nitrogen and oxygen atoms in total. The van der Waals surface area contributed by atoms with E-state index in [9.17, 15) is 4.79 Å². The van der Waals surface area contributed by atoms with Gasteiger partial charge in [0.15, 0.2) is 0 Å². The summed E-state index contributed by atoms with van der Waals surface area (Å²) in [6, 6.07) is 0.716. The fraction of sp³-hybridized carbons (Fsp3) is 0.917. The van der Waals surface area contributed by atoms with E-state index >= 15 is 0 Å². The molecule has 98 valence electrons. The van der Waals surface area contributed by atoms with E-state index in [1.54, 1.807) is 0 Å². The summed E-state index contributed by atoms with van der Waals surface area (Å²) in [6.45, 7) is 7.61. The summed E-state index contributed by atoms with van der Waals surface area (Å²) in [7, 11) is 0. The van der Waals surface area contributed by atoms with Crippen molar-refractivity contribution in [2.75, 3.05) is 39.3 Å². The van der Waals surface area contributed by atoms with E-state index in [4.69, 9.17) is 5.73 Å². The Labute approximate surface area is 103 Å². The molecule has 2 amide bonds. The van der Waals surface area contributed by atoms with Crippen LogP contribution in [0.4, 0.5) is 4.79 Å². The molecule has 2 fully saturated rings. The largest absolute Gasteiger partial charge is 0.336 e. The average Bonchev–Trinajstić information content (AvgIpc) is 2.74. The first-order chi connectivity index (χ1) is 8.20. The van der Waals surface area contributed by atoms with E-state index < -0.39 is 0 Å². The van der Waals surface area contributed by atoms with Crippen molar-refractivity contribution in [2.45, 2.75) is 25.8 Å². The molecule has 17 heavy (non-hydrogen) atoms. The second-order valence-electron chi connectivity index (χ2n) is 5.24. The van der Waals surface area contributed by atoms with Gasteiger partial charge >= 0.3 is 6.03 Å². The number of hydrogen-bond donors (Lipinski definition) is 2. The Kier molecular flexibility index (Phi) is 4.23. The predicted octanol–water partition coefficient (Wildman–Crippen LogP) is 0.0708. The van der Waals surface area contributed by atoms with Gasteiger partial charge in [-0.1, -0.05) is 0 Å². The zero-order chi connectivity index (χ0) is 12.3. The van der Waals surface area contributed by atoms with Crippen molar-refractivity contribution in [2.24, 2.45) is 11.7 Å². The second kappa shape index (κ2) is 5.69. The molecule has 2 heterocycles. The van der Waals surface area contributed by atoms with E-state index in [0.717, 1.165) is 39.3 Å². The van der Waals surface area contributed by atoms with Crippen LogP contribution in [-0.2, 0) is 0 Å². The summed E-state index contributed by atoms with van der Waals surface area (Å²) in [5, 5.41) is 2.84. The number of carbonyl (C=O) groups excluding carboxylic acids is 1. The number of amides is 2. The molecule has 0 saturated carbocycles. The zero-order valence-corrected chi connectivity index (χ0v) is 10.7. The Hall–Kier alpha value is -0.810. The van der Waals surface area contributed by atoms with E-state index in [1.807, 2.05) is 4.90 Å². The maximum Gasteiger partial charge on any atom is 0.317 e. The van der Waals surface area contributed by atoms with Gasteiger partial charge in [-0.05, 0) is 32.2 Å². The maximum atomic E-state index is 11.4. The predicted molar refractivity (Wildman–Crippen MR) is 67.8 cm³/mol. The maximum absolute atomic E-state index is 11.4. The molecule has 5 heteroatoms. The minimum atomic E-state index is 0.0880. The van der Waals surface area contributed by atoms with Gasteiger partial charge in [0, 0.05) is 38.8 Å². The topological polar surface area (TPSA) is 61.6 Å². The van der Waals surface area contributed by atoms with Gasteiger partial charge < -0.3 is 16.0 Å². The number of rotatable bonds is 4. The summed E-state index contributed by atoms with van der Waals surface area (Å²) in [5.74, 6) is 0.638. The summed E-state index contributed by atoms with van der Waals surface area (Å²) >= 11 is 0. The number of carbonyl (C=O) groups is 1. The summed E-state index contributed by atoms with van der Waals surface area (Å²) in [6.07, 6.45) is 2.48. The third kappa shape index (κ3) is 3.10. The third-order valence-corrected chi connectivity index (χ3v) is 4.04. The van der Waals surface area contributed by atoms with Gasteiger partial charge in [0.2, 0.25) is 0 Å². The van der Waals surface area contributed by atoms with Crippen molar-refractivity contribution in [1.29, 1.82) is 0 Å². The highest BCUT2D eigenvalue weighted by molar-refractivity contribution is 5.76. The molecule has 0 aromatic heterocycles. The van der Waals surface area contributed by atoms with Gasteiger partial charge in [-0.2, -0.15) is 0 Å². The molecule has 2 aliphatic heterocycles. The highest BCUT2D eigenvalue weighted by atomic mass is 16.2. The smallest absolute Gasteiger partial charge is 0.317 e. The van der Waals surface area contributed by atoms with Crippen LogP contribution < -0.4 is 11.1 Å². The average molecular weight is 240 g/mol. The fourth-order valence-corrected chi connectivity index (χ4v) is 2.74. The number of nitrogens with two attached hydrogens (primary N) is 1. The number of nitrogens with one attached hydrogen (secondary N) is 1. The van der Waals surface area contributed by atoms with Gasteiger partial charge in [-0.25, -0.2) is 4.79 Å². The molecule has 2 saturated heterocycles. The summed E-state index contributed by atoms with van der Waals surface area (Å²) in [5.41, 5.74) is 5.75. The Morgan fingerprint density at radius 3 is 2.88 bits per heavy atom. The van der Waals surface area contributed by atoms with Crippen molar-refractivity contribution >= 4 is 6.03 Å². The number of nitrogens with zero attached hydrogens (tertiary/aromatic N) is 2. The first kappa shape index (κ1) is 12.6. The zero-order valence-electron chi connectivity index (χ0n) is 10.7. The summed E-state index contributed by atoms with van der Waals surface area (Å²) in [4.78, 5) is 15.8. The van der Waals surface area contributed by atoms with Crippen molar-refractivity contribution < 1.29 is 4.79 Å². The normalized spacial score (nSPS) is 30.7. The molecule has 3 N–H and O–H groups in total. The minimum Gasteiger partial charge on any atom is -0.336 e. The SMILES string of the molecule is CC1CCC(CN)CN1CCN1CCNC1=O. The van der Waals surface area contributed by atoms with E-state index in [-0.39, 0.29) is 6.03 Å². The van der Waals surface area contributed by atoms with Gasteiger partial charge in [0.1, 0.15) is 0 Å². The van der Waals surface area contributed by atoms with Gasteiger partial charge in [0.05, 0.1) is 0 Å². The van der Waals surface area contributed by atoms with Crippen LogP contribution in [0.2, 0.25) is 0 Å². The lowest BCUT2D eigenvalue weighted by Crippen LogP contribution is -2.47. The number of urea groups is 1. The Morgan fingerprint density at radius 2 is 2.24 bits per heavy atom. The lowest BCUT2D eigenvalue weighted by atomic mass is 9.93. The van der Waals surface area contributed by atoms with Gasteiger partial charge in [-0.15, -0.1) is 0 Å². The van der Waals surface area contributed by atoms with Crippen LogP contribution in [0.5, 0.6) is 0 Å². The Morgan fingerprint density at radius 1 is 1.41 bits per heavy atom. The molecule has 0 bridgehead atoms. The first-order valence-corrected chi connectivity index (χ1v) is 6.67. The molecule has 2 aliphatic rings. The Bertz CT molecular complexity index is 271. The lowest BCUT2D eigenvalue weighted by Gasteiger charge is -2.38. The molecule has 2 unspecified atom stereocenters. The van der Waals surface area contributed by atoms with Crippen molar-refractivity contribution in [1.82, 2.24) is 15.1 Å². The van der Waals surface area contributed by atoms with Gasteiger partial charge in [-0.3, -0.25) is 4.90 Å². The fourth-order valence-electron chi connectivity index (χ4n) is 2.74. The van der Waals surface area contributed by atoms with Crippen molar-refractivity contribution in [3.63, 3.8) is 0 Å². The van der Waals surface area contributed by atoms with Crippen LogP contribution in [0.1, 0.15) is 19.8 Å². The van der Waals surface area contributed by atoms with Crippen LogP contribution in [0.15, 0.2) is 0 Å². The highest BCUT2D eigenvalue weighted by Gasteiger charge is 2.26. The minimum absolute atomic E-state index is 0.0880. The number of hydrogen-bond acceptors (Lipinski definition) is 3. The van der Waals surface area contributed by atoms with E-state index in [0.29, 0.717) is 12.0 Å². The quantitative estimate of drug-likeness (QED) is 0.731. The third-order valence-electron chi connectivity index (χ3n) is 4.04. The van der Waals surface area contributed by atoms with E-state index in [2.05, 4.69) is 17.1 Å². The second-order valence-corrected chi connectivity index (χ2v) is 5.24. The molecule has 0 aromatic rings. The van der Waals surface area contributed by atoms with Crippen LogP contribution in [-0.4, -0.2) is 61.1 Å². The van der Waals surface area contributed by atoms with Crippen LogP contribution >= 0.6 is 0 Å². The molecule has 0 radical (unpaired) electrons. The highest BCUT2D eigenvalue weighted by Crippen LogP contribution is 2.20. The van der Waals surface area contributed by atoms with Crippen molar-refractivity contribution in [3.05, 3.63) is 0 Å². The number of likely N-dealkylation sites (tertiary alicyclic amines) is 1. The van der Waals surface area contributed by atoms with Gasteiger partial charge in [0.25, 0.3) is 0 Å². The molecule has 0 aromatic carbocycles. The standard InChI is InChI=1S/C12H24N4O/c1-10-2-3-11(8-13)9-16(10)7-6-15-5-4-14-12(15)17/h10-11H,2-9,13H2,1H3,(H,14,17). The molecule has 2 rings (SSSR count). The first-order valence-electron chi connectivity index (χ1n) is 6.67. The lowest BCUT2D eigenvalue weighted by molar-refractivity contribution is 0.111. The number of piperidine rings is 1. The van der Waals surface area contributed by atoms with E-state index in [1.165, 1.54) is 12.8 Å². The van der Waals surface area contributed by atoms with Crippen LogP contribution in [0, 0.1) is 5.92 Å². The van der Waals surface area contributed by atoms with Crippen LogP contribution in [0.25, 0.3) is 0 Å². The molecule has 2 atom stereocenters. The van der Waals surface area contributed by atoms with Crippen molar-refractivity contribution in [3.8, 4) is 0 Å². The summed E-state index contributed by atoms with van der Waals surface area (Å²) < 4.78 is 0. The monoisotopic (exact) mass is 240 g/mol. The molecule has 0 spiro atoms. The molecular formula is C12H24N4O. The van der Waals surface area contributed by atoms with Crippen LogP contribution in [0.3, 0.4) is 0 Å². The Balaban J connectivity index is 1.78. The molecular weight excluding hydrogens is 216 g/mol.